The summed E-state index contributed by atoms with van der Waals surface area (Å²) in [6.45, 7) is 0.692. The number of carbonyl (C=O) groups excluding carboxylic acids is 2. The van der Waals surface area contributed by atoms with Crippen molar-refractivity contribution in [2.75, 3.05) is 23.0 Å². The van der Waals surface area contributed by atoms with E-state index in [1.165, 1.54) is 6.26 Å². The van der Waals surface area contributed by atoms with Crippen LogP contribution in [-0.2, 0) is 20.4 Å². The van der Waals surface area contributed by atoms with Crippen molar-refractivity contribution >= 4 is 33.0 Å². The van der Waals surface area contributed by atoms with Crippen LogP contribution >= 0.6 is 0 Å². The summed E-state index contributed by atoms with van der Waals surface area (Å²) in [5.74, 6) is -0.253. The van der Waals surface area contributed by atoms with E-state index in [2.05, 4.69) is 5.32 Å². The van der Waals surface area contributed by atoms with Crippen LogP contribution in [0, 0.1) is 0 Å². The van der Waals surface area contributed by atoms with Gasteiger partial charge in [0.15, 0.2) is 9.84 Å². The molecule has 0 bridgehead atoms. The molecule has 2 aromatic rings. The van der Waals surface area contributed by atoms with Crippen LogP contribution in [0.5, 0.6) is 0 Å². The molecule has 0 unspecified atom stereocenters. The van der Waals surface area contributed by atoms with Crippen LogP contribution in [0.25, 0.3) is 0 Å². The minimum atomic E-state index is -3.11. The number of benzene rings is 2. The van der Waals surface area contributed by atoms with Gasteiger partial charge in [0.25, 0.3) is 5.91 Å². The summed E-state index contributed by atoms with van der Waals surface area (Å²) < 4.78 is 22.6. The maximum atomic E-state index is 12.4. The summed E-state index contributed by atoms with van der Waals surface area (Å²) >= 11 is 0. The number of hydrogen-bond acceptors (Lipinski definition) is 4. The average molecular weight is 372 g/mol. The molecule has 0 aromatic heterocycles. The van der Waals surface area contributed by atoms with Crippen LogP contribution in [0.3, 0.4) is 0 Å². The van der Waals surface area contributed by atoms with Gasteiger partial charge in [-0.25, -0.2) is 8.42 Å². The second kappa shape index (κ2) is 7.29. The topological polar surface area (TPSA) is 83.6 Å². The zero-order chi connectivity index (χ0) is 18.7. The molecule has 26 heavy (non-hydrogen) atoms. The normalized spacial score (nSPS) is 14.5. The molecule has 1 saturated heterocycles. The molecule has 1 heterocycles. The highest BCUT2D eigenvalue weighted by atomic mass is 32.2. The molecule has 0 radical (unpaired) electrons. The molecular weight excluding hydrogens is 352 g/mol. The molecule has 0 spiro atoms. The summed E-state index contributed by atoms with van der Waals surface area (Å²) in [5, 5.41) is 2.81. The van der Waals surface area contributed by atoms with Crippen molar-refractivity contribution in [2.45, 2.75) is 18.6 Å². The third-order valence-electron chi connectivity index (χ3n) is 4.13. The highest BCUT2D eigenvalue weighted by Crippen LogP contribution is 2.24. The van der Waals surface area contributed by atoms with E-state index in [1.54, 1.807) is 47.4 Å². The van der Waals surface area contributed by atoms with Gasteiger partial charge in [0.2, 0.25) is 5.91 Å². The molecule has 136 valence electrons. The lowest BCUT2D eigenvalue weighted by Crippen LogP contribution is -2.23. The zero-order valence-electron chi connectivity index (χ0n) is 14.4. The Hall–Kier alpha value is -2.67. The van der Waals surface area contributed by atoms with Crippen molar-refractivity contribution in [3.8, 4) is 0 Å². The van der Waals surface area contributed by atoms with Gasteiger partial charge in [-0.05, 0) is 42.3 Å². The third kappa shape index (κ3) is 4.49. The minimum Gasteiger partial charge on any atom is -0.322 e. The fourth-order valence-corrected chi connectivity index (χ4v) is 3.73. The van der Waals surface area contributed by atoms with Gasteiger partial charge in [-0.1, -0.05) is 18.2 Å². The van der Waals surface area contributed by atoms with E-state index in [9.17, 15) is 18.0 Å². The molecule has 7 heteroatoms. The highest BCUT2D eigenvalue weighted by Gasteiger charge is 2.21. The van der Waals surface area contributed by atoms with E-state index in [4.69, 9.17) is 0 Å². The van der Waals surface area contributed by atoms with Crippen molar-refractivity contribution in [1.29, 1.82) is 0 Å². The first-order chi connectivity index (χ1) is 12.3. The van der Waals surface area contributed by atoms with E-state index in [-0.39, 0.29) is 17.6 Å². The van der Waals surface area contributed by atoms with E-state index >= 15 is 0 Å². The Morgan fingerprint density at radius 2 is 1.88 bits per heavy atom. The maximum Gasteiger partial charge on any atom is 0.255 e. The second-order valence-electron chi connectivity index (χ2n) is 6.42. The second-order valence-corrected chi connectivity index (χ2v) is 8.56. The van der Waals surface area contributed by atoms with Crippen molar-refractivity contribution in [3.63, 3.8) is 0 Å². The van der Waals surface area contributed by atoms with E-state index in [0.717, 1.165) is 12.1 Å². The summed E-state index contributed by atoms with van der Waals surface area (Å²) in [7, 11) is -3.11. The molecule has 3 rings (SSSR count). The molecule has 1 aliphatic rings. The molecule has 1 N–H and O–H groups in total. The van der Waals surface area contributed by atoms with Crippen molar-refractivity contribution < 1.29 is 18.0 Å². The molecule has 0 saturated carbocycles. The van der Waals surface area contributed by atoms with Gasteiger partial charge in [0.05, 0.1) is 5.75 Å². The molecule has 2 aromatic carbocycles. The smallest absolute Gasteiger partial charge is 0.255 e. The number of amides is 2. The Labute approximate surface area is 152 Å². The van der Waals surface area contributed by atoms with Crippen LogP contribution in [0.2, 0.25) is 0 Å². The summed E-state index contributed by atoms with van der Waals surface area (Å²) in [6.07, 6.45) is 2.57. The van der Waals surface area contributed by atoms with Crippen LogP contribution in [0.1, 0.15) is 28.8 Å². The number of anilines is 2. The third-order valence-corrected chi connectivity index (χ3v) is 4.99. The average Bonchev–Trinajstić information content (AvgIpc) is 3.00. The SMILES string of the molecule is CS(=O)(=O)Cc1ccc(C(=O)Nc2cccc(N3CCCC3=O)c2)cc1. The lowest BCUT2D eigenvalue weighted by atomic mass is 10.1. The Balaban J connectivity index is 1.71. The number of hydrogen-bond donors (Lipinski definition) is 1. The van der Waals surface area contributed by atoms with Crippen LogP contribution in [0.15, 0.2) is 48.5 Å². The quantitative estimate of drug-likeness (QED) is 0.874. The van der Waals surface area contributed by atoms with E-state index in [1.807, 2.05) is 6.07 Å². The monoisotopic (exact) mass is 372 g/mol. The van der Waals surface area contributed by atoms with Gasteiger partial charge in [-0.15, -0.1) is 0 Å². The predicted octanol–water partition coefficient (Wildman–Crippen LogP) is 2.61. The fraction of sp³-hybridized carbons (Fsp3) is 0.263. The van der Waals surface area contributed by atoms with Crippen molar-refractivity contribution in [1.82, 2.24) is 0 Å². The molecule has 0 aliphatic carbocycles. The van der Waals surface area contributed by atoms with Crippen molar-refractivity contribution in [2.24, 2.45) is 0 Å². The highest BCUT2D eigenvalue weighted by molar-refractivity contribution is 7.89. The van der Waals surface area contributed by atoms with Gasteiger partial charge in [0.1, 0.15) is 0 Å². The van der Waals surface area contributed by atoms with Crippen molar-refractivity contribution in [3.05, 3.63) is 59.7 Å². The molecule has 1 aliphatic heterocycles. The van der Waals surface area contributed by atoms with E-state index in [0.29, 0.717) is 29.8 Å². The molecule has 6 nitrogen and oxygen atoms in total. The Bertz CT molecular complexity index is 936. The molecular formula is C19H20N2O4S. The largest absolute Gasteiger partial charge is 0.322 e. The Morgan fingerprint density at radius 3 is 2.50 bits per heavy atom. The maximum absolute atomic E-state index is 12.4. The number of carbonyl (C=O) groups is 2. The zero-order valence-corrected chi connectivity index (χ0v) is 15.3. The molecule has 2 amide bonds. The number of rotatable bonds is 5. The van der Waals surface area contributed by atoms with Crippen LogP contribution in [-0.4, -0.2) is 33.0 Å². The Morgan fingerprint density at radius 1 is 1.15 bits per heavy atom. The standard InChI is InChI=1S/C19H20N2O4S/c1-26(24,25)13-14-7-9-15(10-8-14)19(23)20-16-4-2-5-17(12-16)21-11-3-6-18(21)22/h2,4-5,7-10,12H,3,6,11,13H2,1H3,(H,20,23). The van der Waals surface area contributed by atoms with Crippen LogP contribution in [0.4, 0.5) is 11.4 Å². The van der Waals surface area contributed by atoms with Gasteiger partial charge in [-0.2, -0.15) is 0 Å². The number of sulfone groups is 1. The van der Waals surface area contributed by atoms with E-state index < -0.39 is 9.84 Å². The van der Waals surface area contributed by atoms with Gasteiger partial charge < -0.3 is 10.2 Å². The van der Waals surface area contributed by atoms with Crippen LogP contribution < -0.4 is 10.2 Å². The first kappa shape index (κ1) is 18.1. The lowest BCUT2D eigenvalue weighted by Gasteiger charge is -2.16. The molecule has 0 atom stereocenters. The van der Waals surface area contributed by atoms with Gasteiger partial charge in [-0.3, -0.25) is 9.59 Å². The number of nitrogens with one attached hydrogen (secondary N) is 1. The molecule has 1 fully saturated rings. The van der Waals surface area contributed by atoms with Gasteiger partial charge >= 0.3 is 0 Å². The summed E-state index contributed by atoms with van der Waals surface area (Å²) in [6, 6.07) is 13.7. The lowest BCUT2D eigenvalue weighted by molar-refractivity contribution is -0.117. The summed E-state index contributed by atoms with van der Waals surface area (Å²) in [5.41, 5.74) is 2.45. The Kier molecular flexibility index (Phi) is 5.08. The fourth-order valence-electron chi connectivity index (χ4n) is 2.93. The first-order valence-corrected chi connectivity index (χ1v) is 10.4. The predicted molar refractivity (Wildman–Crippen MR) is 101 cm³/mol. The minimum absolute atomic E-state index is 0.0548. The number of nitrogens with zero attached hydrogens (tertiary/aromatic N) is 1. The summed E-state index contributed by atoms with van der Waals surface area (Å²) in [4.78, 5) is 26.0. The van der Waals surface area contributed by atoms with Gasteiger partial charge in [0, 0.05) is 36.2 Å². The first-order valence-electron chi connectivity index (χ1n) is 8.30.